The number of aliphatic carboxylic acids is 1. The second kappa shape index (κ2) is 5.72. The second-order valence-corrected chi connectivity index (χ2v) is 6.62. The lowest BCUT2D eigenvalue weighted by molar-refractivity contribution is -0.142. The van der Waals surface area contributed by atoms with Gasteiger partial charge in [0.1, 0.15) is 6.04 Å². The molecule has 0 saturated heterocycles. The molecule has 0 heterocycles. The lowest BCUT2D eigenvalue weighted by atomic mass is 9.88. The van der Waals surface area contributed by atoms with Crippen LogP contribution in [0.15, 0.2) is 0 Å². The molecule has 0 aliphatic heterocycles. The van der Waals surface area contributed by atoms with Gasteiger partial charge in [0.2, 0.25) is 5.91 Å². The number of carboxylic acids is 1. The normalized spacial score (nSPS) is 19.1. The summed E-state index contributed by atoms with van der Waals surface area (Å²) in [5, 5.41) is 11.8. The Labute approximate surface area is 109 Å². The smallest absolute Gasteiger partial charge is 0.326 e. The van der Waals surface area contributed by atoms with Crippen LogP contribution in [0.4, 0.5) is 0 Å². The van der Waals surface area contributed by atoms with Crippen LogP contribution in [-0.2, 0) is 9.59 Å². The number of hydrogen-bond acceptors (Lipinski definition) is 2. The topological polar surface area (TPSA) is 66.4 Å². The van der Waals surface area contributed by atoms with Gasteiger partial charge in [0.25, 0.3) is 0 Å². The van der Waals surface area contributed by atoms with Gasteiger partial charge in [0.15, 0.2) is 0 Å². The van der Waals surface area contributed by atoms with E-state index in [0.717, 1.165) is 19.3 Å². The molecule has 0 bridgehead atoms. The second-order valence-electron chi connectivity index (χ2n) is 6.62. The molecule has 2 N–H and O–H groups in total. The van der Waals surface area contributed by atoms with E-state index in [2.05, 4.69) is 26.1 Å². The van der Waals surface area contributed by atoms with Crippen LogP contribution >= 0.6 is 0 Å². The van der Waals surface area contributed by atoms with Gasteiger partial charge in [-0.2, -0.15) is 0 Å². The van der Waals surface area contributed by atoms with Crippen LogP contribution in [0.25, 0.3) is 0 Å². The summed E-state index contributed by atoms with van der Waals surface area (Å²) in [6, 6.07) is -0.752. The Kier molecular flexibility index (Phi) is 4.77. The molecule has 1 saturated carbocycles. The summed E-state index contributed by atoms with van der Waals surface area (Å²) >= 11 is 0. The maximum absolute atomic E-state index is 11.9. The number of rotatable bonds is 6. The van der Waals surface area contributed by atoms with Gasteiger partial charge in [-0.15, -0.1) is 0 Å². The molecule has 4 nitrogen and oxygen atoms in total. The molecule has 4 heteroatoms. The van der Waals surface area contributed by atoms with Crippen molar-refractivity contribution in [1.29, 1.82) is 0 Å². The first-order chi connectivity index (χ1) is 8.20. The molecule has 2 atom stereocenters. The zero-order valence-corrected chi connectivity index (χ0v) is 11.8. The summed E-state index contributed by atoms with van der Waals surface area (Å²) in [4.78, 5) is 23.0. The minimum Gasteiger partial charge on any atom is -0.480 e. The Morgan fingerprint density at radius 3 is 2.28 bits per heavy atom. The molecule has 1 aliphatic carbocycles. The van der Waals surface area contributed by atoms with E-state index in [4.69, 9.17) is 5.11 Å². The van der Waals surface area contributed by atoms with Crippen molar-refractivity contribution >= 4 is 11.9 Å². The van der Waals surface area contributed by atoms with E-state index in [0.29, 0.717) is 12.3 Å². The van der Waals surface area contributed by atoms with Gasteiger partial charge in [-0.1, -0.05) is 27.7 Å². The molecule has 104 valence electrons. The standard InChI is InChI=1S/C14H25NO3/c1-9(10-5-6-10)12(16)15-11(13(17)18)7-8-14(2,3)4/h9-11H,5-8H2,1-4H3,(H,15,16)(H,17,18). The highest BCUT2D eigenvalue weighted by atomic mass is 16.4. The van der Waals surface area contributed by atoms with Crippen LogP contribution in [0.3, 0.4) is 0 Å². The summed E-state index contributed by atoms with van der Waals surface area (Å²) in [7, 11) is 0. The number of hydrogen-bond donors (Lipinski definition) is 2. The molecule has 1 amide bonds. The SMILES string of the molecule is CC(C(=O)NC(CCC(C)(C)C)C(=O)O)C1CC1. The number of nitrogens with one attached hydrogen (secondary N) is 1. The summed E-state index contributed by atoms with van der Waals surface area (Å²) in [5.74, 6) is -0.641. The van der Waals surface area contributed by atoms with Crippen molar-refractivity contribution in [2.45, 2.75) is 59.4 Å². The summed E-state index contributed by atoms with van der Waals surface area (Å²) in [5.41, 5.74) is 0.0839. The van der Waals surface area contributed by atoms with E-state index in [1.54, 1.807) is 0 Å². The molecule has 0 spiro atoms. The van der Waals surface area contributed by atoms with Gasteiger partial charge in [0.05, 0.1) is 0 Å². The first-order valence-corrected chi connectivity index (χ1v) is 6.74. The first-order valence-electron chi connectivity index (χ1n) is 6.74. The molecule has 0 aromatic heterocycles. The van der Waals surface area contributed by atoms with Gasteiger partial charge in [-0.3, -0.25) is 4.79 Å². The van der Waals surface area contributed by atoms with Crippen LogP contribution in [0.5, 0.6) is 0 Å². The van der Waals surface area contributed by atoms with Crippen molar-refractivity contribution in [2.24, 2.45) is 17.3 Å². The maximum Gasteiger partial charge on any atom is 0.326 e. The van der Waals surface area contributed by atoms with E-state index in [1.165, 1.54) is 0 Å². The van der Waals surface area contributed by atoms with Crippen LogP contribution in [0.1, 0.15) is 53.4 Å². The predicted molar refractivity (Wildman–Crippen MR) is 70.1 cm³/mol. The Morgan fingerprint density at radius 1 is 1.33 bits per heavy atom. The van der Waals surface area contributed by atoms with Gasteiger partial charge in [0, 0.05) is 5.92 Å². The van der Waals surface area contributed by atoms with Crippen molar-refractivity contribution in [3.63, 3.8) is 0 Å². The molecular formula is C14H25NO3. The van der Waals surface area contributed by atoms with Gasteiger partial charge in [-0.05, 0) is 37.0 Å². The molecule has 1 fully saturated rings. The molecular weight excluding hydrogens is 230 g/mol. The maximum atomic E-state index is 11.9. The molecule has 1 rings (SSSR count). The van der Waals surface area contributed by atoms with Gasteiger partial charge >= 0.3 is 5.97 Å². The van der Waals surface area contributed by atoms with Gasteiger partial charge in [-0.25, -0.2) is 4.79 Å². The molecule has 1 aliphatic rings. The van der Waals surface area contributed by atoms with Crippen LogP contribution in [0.2, 0.25) is 0 Å². The number of carbonyl (C=O) groups excluding carboxylic acids is 1. The quantitative estimate of drug-likeness (QED) is 0.766. The van der Waals surface area contributed by atoms with E-state index in [-0.39, 0.29) is 17.2 Å². The highest BCUT2D eigenvalue weighted by Gasteiger charge is 2.34. The van der Waals surface area contributed by atoms with Crippen molar-refractivity contribution in [1.82, 2.24) is 5.32 Å². The third-order valence-electron chi connectivity index (χ3n) is 3.54. The first kappa shape index (κ1) is 15.0. The van der Waals surface area contributed by atoms with E-state index >= 15 is 0 Å². The van der Waals surface area contributed by atoms with Crippen molar-refractivity contribution in [3.8, 4) is 0 Å². The largest absolute Gasteiger partial charge is 0.480 e. The number of carboxylic acid groups (broad SMARTS) is 1. The lowest BCUT2D eigenvalue weighted by Crippen LogP contribution is -2.44. The zero-order valence-electron chi connectivity index (χ0n) is 11.8. The molecule has 0 aromatic carbocycles. The van der Waals surface area contributed by atoms with Crippen molar-refractivity contribution in [3.05, 3.63) is 0 Å². The predicted octanol–water partition coefficient (Wildman–Crippen LogP) is 2.43. The highest BCUT2D eigenvalue weighted by molar-refractivity contribution is 5.85. The van der Waals surface area contributed by atoms with E-state index in [9.17, 15) is 9.59 Å². The van der Waals surface area contributed by atoms with E-state index in [1.807, 2.05) is 6.92 Å². The Balaban J connectivity index is 2.46. The van der Waals surface area contributed by atoms with E-state index < -0.39 is 12.0 Å². The fourth-order valence-corrected chi connectivity index (χ4v) is 1.95. The molecule has 0 radical (unpaired) electrons. The molecule has 0 aromatic rings. The Hall–Kier alpha value is -1.06. The fourth-order valence-electron chi connectivity index (χ4n) is 1.95. The van der Waals surface area contributed by atoms with Crippen LogP contribution in [-0.4, -0.2) is 23.0 Å². The monoisotopic (exact) mass is 255 g/mol. The molecule has 18 heavy (non-hydrogen) atoms. The minimum absolute atomic E-state index is 0.0542. The summed E-state index contributed by atoms with van der Waals surface area (Å²) in [6.45, 7) is 8.09. The Bertz CT molecular complexity index is 315. The third-order valence-corrected chi connectivity index (χ3v) is 3.54. The molecule has 2 unspecified atom stereocenters. The average molecular weight is 255 g/mol. The number of amides is 1. The third kappa shape index (κ3) is 5.07. The van der Waals surface area contributed by atoms with Crippen LogP contribution < -0.4 is 5.32 Å². The zero-order chi connectivity index (χ0) is 13.9. The van der Waals surface area contributed by atoms with Crippen molar-refractivity contribution in [2.75, 3.05) is 0 Å². The average Bonchev–Trinajstić information content (AvgIpc) is 3.04. The highest BCUT2D eigenvalue weighted by Crippen LogP contribution is 2.36. The minimum atomic E-state index is -0.935. The summed E-state index contributed by atoms with van der Waals surface area (Å²) < 4.78 is 0. The fraction of sp³-hybridized carbons (Fsp3) is 0.857. The summed E-state index contributed by atoms with van der Waals surface area (Å²) in [6.07, 6.45) is 3.45. The Morgan fingerprint density at radius 2 is 1.89 bits per heavy atom. The van der Waals surface area contributed by atoms with Gasteiger partial charge < -0.3 is 10.4 Å². The van der Waals surface area contributed by atoms with Crippen LogP contribution in [0, 0.1) is 17.3 Å². The van der Waals surface area contributed by atoms with Crippen molar-refractivity contribution < 1.29 is 14.7 Å². The lowest BCUT2D eigenvalue weighted by Gasteiger charge is -2.22. The number of carbonyl (C=O) groups is 2.